The van der Waals surface area contributed by atoms with Crippen LogP contribution in [0.3, 0.4) is 0 Å². The van der Waals surface area contributed by atoms with Gasteiger partial charge in [-0.1, -0.05) is 6.92 Å². The van der Waals surface area contributed by atoms with Crippen LogP contribution in [0, 0.1) is 11.8 Å². The van der Waals surface area contributed by atoms with Crippen molar-refractivity contribution in [3.8, 4) is 0 Å². The van der Waals surface area contributed by atoms with E-state index in [2.05, 4.69) is 0 Å². The Morgan fingerprint density at radius 3 is 2.64 bits per heavy atom. The fraction of sp³-hybridized carbons (Fsp3) is 0.875. The number of carbonyl (C=O) groups is 1. The molecule has 0 saturated heterocycles. The third-order valence-electron chi connectivity index (χ3n) is 2.42. The molecule has 0 amide bonds. The molecule has 1 aliphatic rings. The van der Waals surface area contributed by atoms with Crippen molar-refractivity contribution in [3.05, 3.63) is 0 Å². The van der Waals surface area contributed by atoms with E-state index in [1.54, 1.807) is 0 Å². The minimum absolute atomic E-state index is 0.162. The van der Waals surface area contributed by atoms with Crippen LogP contribution in [0.5, 0.6) is 0 Å². The van der Waals surface area contributed by atoms with Crippen LogP contribution < -0.4 is 0 Å². The Kier molecular flexibility index (Phi) is 2.77. The zero-order chi connectivity index (χ0) is 8.43. The van der Waals surface area contributed by atoms with Gasteiger partial charge in [0.25, 0.3) is 0 Å². The lowest BCUT2D eigenvalue weighted by Gasteiger charge is -2.28. The fourth-order valence-corrected chi connectivity index (χ4v) is 2.10. The summed E-state index contributed by atoms with van der Waals surface area (Å²) in [7, 11) is 0. The maximum absolute atomic E-state index is 10.6. The van der Waals surface area contributed by atoms with Crippen molar-refractivity contribution >= 4 is 17.6 Å². The van der Waals surface area contributed by atoms with E-state index in [0.717, 1.165) is 19.3 Å². The summed E-state index contributed by atoms with van der Waals surface area (Å²) < 4.78 is 0. The van der Waals surface area contributed by atoms with Gasteiger partial charge in [-0.2, -0.15) is 0 Å². The lowest BCUT2D eigenvalue weighted by atomic mass is 9.80. The Morgan fingerprint density at radius 2 is 2.18 bits per heavy atom. The molecule has 0 radical (unpaired) electrons. The van der Waals surface area contributed by atoms with Crippen LogP contribution in [0.25, 0.3) is 0 Å². The lowest BCUT2D eigenvalue weighted by Crippen LogP contribution is -2.29. The van der Waals surface area contributed by atoms with Crippen molar-refractivity contribution in [1.29, 1.82) is 0 Å². The number of rotatable bonds is 1. The Bertz CT molecular complexity index is 158. The van der Waals surface area contributed by atoms with Crippen LogP contribution in [-0.4, -0.2) is 16.5 Å². The molecule has 0 spiro atoms. The van der Waals surface area contributed by atoms with Gasteiger partial charge in [-0.05, 0) is 25.2 Å². The summed E-state index contributed by atoms with van der Waals surface area (Å²) in [6, 6.07) is 0. The molecule has 0 bridgehead atoms. The highest BCUT2D eigenvalue weighted by atomic mass is 35.5. The van der Waals surface area contributed by atoms with Crippen molar-refractivity contribution in [2.24, 2.45) is 11.8 Å². The second-order valence-electron chi connectivity index (χ2n) is 3.33. The molecule has 3 heteroatoms. The second kappa shape index (κ2) is 3.44. The quantitative estimate of drug-likeness (QED) is 0.622. The highest BCUT2D eigenvalue weighted by Crippen LogP contribution is 2.32. The smallest absolute Gasteiger partial charge is 0.306 e. The monoisotopic (exact) mass is 176 g/mol. The summed E-state index contributed by atoms with van der Waals surface area (Å²) in [5.41, 5.74) is 0. The van der Waals surface area contributed by atoms with Gasteiger partial charge >= 0.3 is 5.97 Å². The molecule has 1 N–H and O–H groups in total. The molecular weight excluding hydrogens is 164 g/mol. The number of hydrogen-bond acceptors (Lipinski definition) is 1. The summed E-state index contributed by atoms with van der Waals surface area (Å²) in [4.78, 5) is 10.6. The molecule has 64 valence electrons. The number of aliphatic carboxylic acids is 1. The molecule has 1 fully saturated rings. The van der Waals surface area contributed by atoms with Crippen LogP contribution in [0.2, 0.25) is 0 Å². The van der Waals surface area contributed by atoms with E-state index in [0.29, 0.717) is 0 Å². The van der Waals surface area contributed by atoms with Crippen LogP contribution in [0.15, 0.2) is 0 Å². The largest absolute Gasteiger partial charge is 0.481 e. The standard InChI is InChI=1S/C8H13ClO2/c1-5-4-6(9)2-3-7(5)8(10)11/h5-7H,2-4H2,1H3,(H,10,11)/t5-,6-,7+/m1/s1. The van der Waals surface area contributed by atoms with Gasteiger partial charge < -0.3 is 5.11 Å². The van der Waals surface area contributed by atoms with Gasteiger partial charge in [-0.15, -0.1) is 11.6 Å². The predicted molar refractivity (Wildman–Crippen MR) is 43.8 cm³/mol. The minimum Gasteiger partial charge on any atom is -0.481 e. The number of hydrogen-bond donors (Lipinski definition) is 1. The van der Waals surface area contributed by atoms with E-state index in [9.17, 15) is 4.79 Å². The zero-order valence-corrected chi connectivity index (χ0v) is 7.34. The molecular formula is C8H13ClO2. The van der Waals surface area contributed by atoms with E-state index in [-0.39, 0.29) is 17.2 Å². The summed E-state index contributed by atoms with van der Waals surface area (Å²) >= 11 is 5.89. The average molecular weight is 177 g/mol. The molecule has 11 heavy (non-hydrogen) atoms. The van der Waals surface area contributed by atoms with Crippen molar-refractivity contribution in [3.63, 3.8) is 0 Å². The maximum Gasteiger partial charge on any atom is 0.306 e. The summed E-state index contributed by atoms with van der Waals surface area (Å²) in [5.74, 6) is -0.588. The first-order valence-electron chi connectivity index (χ1n) is 3.98. The summed E-state index contributed by atoms with van der Waals surface area (Å²) in [5, 5.41) is 8.95. The van der Waals surface area contributed by atoms with Crippen molar-refractivity contribution < 1.29 is 9.90 Å². The number of carboxylic acid groups (broad SMARTS) is 1. The van der Waals surface area contributed by atoms with E-state index in [1.807, 2.05) is 6.92 Å². The molecule has 1 rings (SSSR count). The molecule has 0 unspecified atom stereocenters. The van der Waals surface area contributed by atoms with E-state index < -0.39 is 5.97 Å². The molecule has 0 aromatic heterocycles. The fourth-order valence-electron chi connectivity index (χ4n) is 1.70. The normalized spacial score (nSPS) is 38.5. The van der Waals surface area contributed by atoms with E-state index in [4.69, 9.17) is 16.7 Å². The van der Waals surface area contributed by atoms with Gasteiger partial charge in [-0.3, -0.25) is 4.79 Å². The Balaban J connectivity index is 2.50. The molecule has 0 heterocycles. The molecule has 1 saturated carbocycles. The molecule has 0 aromatic rings. The van der Waals surface area contributed by atoms with Crippen LogP contribution in [0.4, 0.5) is 0 Å². The Hall–Kier alpha value is -0.240. The van der Waals surface area contributed by atoms with Gasteiger partial charge in [-0.25, -0.2) is 0 Å². The summed E-state index contributed by atoms with van der Waals surface area (Å²) in [6.07, 6.45) is 2.44. The van der Waals surface area contributed by atoms with Crippen LogP contribution in [0.1, 0.15) is 26.2 Å². The zero-order valence-electron chi connectivity index (χ0n) is 6.59. The molecule has 3 atom stereocenters. The molecule has 0 aliphatic heterocycles. The first-order valence-corrected chi connectivity index (χ1v) is 4.41. The minimum atomic E-state index is -0.666. The first-order chi connectivity index (χ1) is 5.11. The number of alkyl halides is 1. The van der Waals surface area contributed by atoms with Crippen molar-refractivity contribution in [2.45, 2.75) is 31.6 Å². The second-order valence-corrected chi connectivity index (χ2v) is 3.95. The SMILES string of the molecule is C[C@@H]1C[C@H](Cl)CC[C@@H]1C(=O)O. The molecule has 2 nitrogen and oxygen atoms in total. The average Bonchev–Trinajstić information content (AvgIpc) is 1.85. The number of halogens is 1. The maximum atomic E-state index is 10.6. The van der Waals surface area contributed by atoms with Gasteiger partial charge in [0.15, 0.2) is 0 Å². The van der Waals surface area contributed by atoms with Gasteiger partial charge in [0.05, 0.1) is 5.92 Å². The van der Waals surface area contributed by atoms with Gasteiger partial charge in [0.1, 0.15) is 0 Å². The topological polar surface area (TPSA) is 37.3 Å². The predicted octanol–water partition coefficient (Wildman–Crippen LogP) is 2.11. The van der Waals surface area contributed by atoms with Gasteiger partial charge in [0, 0.05) is 5.38 Å². The Morgan fingerprint density at radius 1 is 1.55 bits per heavy atom. The first kappa shape index (κ1) is 8.85. The third-order valence-corrected chi connectivity index (χ3v) is 2.82. The van der Waals surface area contributed by atoms with Crippen LogP contribution >= 0.6 is 11.6 Å². The summed E-state index contributed by atoms with van der Waals surface area (Å²) in [6.45, 7) is 1.97. The molecule has 1 aliphatic carbocycles. The highest BCUT2D eigenvalue weighted by Gasteiger charge is 2.30. The van der Waals surface area contributed by atoms with E-state index in [1.165, 1.54) is 0 Å². The van der Waals surface area contributed by atoms with Crippen LogP contribution in [-0.2, 0) is 4.79 Å². The van der Waals surface area contributed by atoms with Crippen molar-refractivity contribution in [2.75, 3.05) is 0 Å². The lowest BCUT2D eigenvalue weighted by molar-refractivity contribution is -0.144. The number of carboxylic acids is 1. The third kappa shape index (κ3) is 2.09. The Labute approximate surface area is 71.5 Å². The van der Waals surface area contributed by atoms with Gasteiger partial charge in [0.2, 0.25) is 0 Å². The van der Waals surface area contributed by atoms with Crippen molar-refractivity contribution in [1.82, 2.24) is 0 Å². The molecule has 0 aromatic carbocycles. The highest BCUT2D eigenvalue weighted by molar-refractivity contribution is 6.20. The van der Waals surface area contributed by atoms with E-state index >= 15 is 0 Å².